The van der Waals surface area contributed by atoms with E-state index in [9.17, 15) is 61.5 Å². The van der Waals surface area contributed by atoms with Gasteiger partial charge in [-0.05, 0) is 0 Å². The van der Waals surface area contributed by atoms with E-state index in [0.717, 1.165) is 0 Å². The second-order valence-corrected chi connectivity index (χ2v) is 4.70. The molecule has 2 N–H and O–H groups in total. The van der Waals surface area contributed by atoms with Gasteiger partial charge in [-0.2, -0.15) is 52.7 Å². The Morgan fingerprint density at radius 2 is 0.583 bits per heavy atom. The van der Waals surface area contributed by atoms with E-state index in [-0.39, 0.29) is 0 Å². The van der Waals surface area contributed by atoms with Gasteiger partial charge >= 0.3 is 47.2 Å². The van der Waals surface area contributed by atoms with E-state index >= 15 is 0 Å². The molecule has 2 atom stereocenters. The summed E-state index contributed by atoms with van der Waals surface area (Å²) in [6, 6.07) is 0. The van der Waals surface area contributed by atoms with Gasteiger partial charge in [0.15, 0.2) is 0 Å². The number of halogens is 14. The molecule has 1 aliphatic carbocycles. The molecule has 16 heteroatoms. The van der Waals surface area contributed by atoms with E-state index in [1.165, 1.54) is 0 Å². The number of hydrogen-bond acceptors (Lipinski definition) is 2. The van der Waals surface area contributed by atoms with Crippen LogP contribution in [0.4, 0.5) is 61.5 Å². The molecule has 0 saturated heterocycles. The Hall–Kier alpha value is -1.06. The van der Waals surface area contributed by atoms with Gasteiger partial charge in [-0.1, -0.05) is 0 Å². The molecule has 1 saturated carbocycles. The van der Waals surface area contributed by atoms with Crippen LogP contribution < -0.4 is 0 Å². The summed E-state index contributed by atoms with van der Waals surface area (Å²) >= 11 is 0. The van der Waals surface area contributed by atoms with Crippen LogP contribution >= 0.6 is 0 Å². The summed E-state index contributed by atoms with van der Waals surface area (Å²) < 4.78 is 182. The van der Waals surface area contributed by atoms with Gasteiger partial charge in [-0.3, -0.25) is 0 Å². The van der Waals surface area contributed by atoms with Crippen molar-refractivity contribution in [2.75, 3.05) is 0 Å². The first kappa shape index (κ1) is 21.0. The third-order valence-corrected chi connectivity index (χ3v) is 3.35. The highest BCUT2D eigenvalue weighted by atomic mass is 19.4. The number of aliphatic hydroxyl groups is 2. The van der Waals surface area contributed by atoms with E-state index < -0.39 is 47.2 Å². The minimum absolute atomic E-state index is 7.51. The van der Waals surface area contributed by atoms with Gasteiger partial charge in [-0.15, -0.1) is 0 Å². The fraction of sp³-hybridized carbons (Fsp3) is 1.00. The summed E-state index contributed by atoms with van der Waals surface area (Å²) in [5.74, 6) is -31.9. The molecule has 0 amide bonds. The predicted octanol–water partition coefficient (Wildman–Crippen LogP) is 3.13. The molecule has 0 aromatic carbocycles. The van der Waals surface area contributed by atoms with Crippen LogP contribution in [-0.4, -0.2) is 57.5 Å². The van der Waals surface area contributed by atoms with Crippen molar-refractivity contribution in [3.63, 3.8) is 0 Å². The van der Waals surface area contributed by atoms with Crippen molar-refractivity contribution >= 4 is 0 Å². The zero-order chi connectivity index (χ0) is 20.0. The van der Waals surface area contributed by atoms with Crippen LogP contribution in [0.3, 0.4) is 0 Å². The van der Waals surface area contributed by atoms with Crippen molar-refractivity contribution in [1.29, 1.82) is 0 Å². The van der Waals surface area contributed by atoms with Gasteiger partial charge in [0.05, 0.1) is 0 Å². The SMILES string of the molecule is OC(F)(F)C1(F)C(F)(F)C(F)(F)C(F)(F)C(F)(F)C1(F)C(O)(F)F. The summed E-state index contributed by atoms with van der Waals surface area (Å²) in [6.07, 6.45) is -15.0. The Labute approximate surface area is 120 Å². The first-order valence-electron chi connectivity index (χ1n) is 5.09. The smallest absolute Gasteiger partial charge is 0.333 e. The second-order valence-electron chi connectivity index (χ2n) is 4.70. The first-order chi connectivity index (χ1) is 10.0. The lowest BCUT2D eigenvalue weighted by atomic mass is 9.64. The summed E-state index contributed by atoms with van der Waals surface area (Å²) in [4.78, 5) is 0. The molecule has 1 rings (SSSR count). The summed E-state index contributed by atoms with van der Waals surface area (Å²) in [5, 5.41) is 15.6. The second kappa shape index (κ2) is 4.37. The first-order valence-corrected chi connectivity index (χ1v) is 5.09. The molecule has 1 fully saturated rings. The Kier molecular flexibility index (Phi) is 3.82. The van der Waals surface area contributed by atoms with Crippen molar-refractivity contribution in [3.05, 3.63) is 0 Å². The largest absolute Gasteiger partial charge is 0.397 e. The van der Waals surface area contributed by atoms with Gasteiger partial charge in [-0.25, -0.2) is 8.78 Å². The Balaban J connectivity index is 4.18. The molecule has 24 heavy (non-hydrogen) atoms. The lowest BCUT2D eigenvalue weighted by Gasteiger charge is -2.56. The van der Waals surface area contributed by atoms with Crippen molar-refractivity contribution in [3.8, 4) is 0 Å². The van der Waals surface area contributed by atoms with Gasteiger partial charge in [0, 0.05) is 0 Å². The average Bonchev–Trinajstić information content (AvgIpc) is 2.31. The van der Waals surface area contributed by atoms with E-state index in [1.807, 2.05) is 0 Å². The fourth-order valence-corrected chi connectivity index (χ4v) is 2.05. The molecule has 0 bridgehead atoms. The van der Waals surface area contributed by atoms with Crippen LogP contribution in [-0.2, 0) is 0 Å². The van der Waals surface area contributed by atoms with Crippen LogP contribution in [0.5, 0.6) is 0 Å². The third kappa shape index (κ3) is 1.65. The number of hydrogen-bond donors (Lipinski definition) is 2. The van der Waals surface area contributed by atoms with E-state index in [1.54, 1.807) is 0 Å². The minimum Gasteiger partial charge on any atom is -0.333 e. The molecule has 2 nitrogen and oxygen atoms in total. The predicted molar refractivity (Wildman–Crippen MR) is 41.8 cm³/mol. The molecule has 0 aromatic heterocycles. The lowest BCUT2D eigenvalue weighted by Crippen LogP contribution is -2.91. The molecule has 0 aliphatic heterocycles. The normalized spacial score (nSPS) is 38.0. The average molecular weight is 396 g/mol. The molecule has 0 aromatic rings. The van der Waals surface area contributed by atoms with Crippen LogP contribution in [0, 0.1) is 0 Å². The van der Waals surface area contributed by atoms with Crippen molar-refractivity contribution in [2.24, 2.45) is 0 Å². The zero-order valence-electron chi connectivity index (χ0n) is 10.2. The number of rotatable bonds is 2. The van der Waals surface area contributed by atoms with Crippen LogP contribution in [0.2, 0.25) is 0 Å². The molecular formula is C8H2F14O2. The van der Waals surface area contributed by atoms with Crippen LogP contribution in [0.1, 0.15) is 0 Å². The molecular weight excluding hydrogens is 394 g/mol. The maximum atomic E-state index is 13.7. The highest BCUT2D eigenvalue weighted by molar-refractivity contribution is 5.33. The van der Waals surface area contributed by atoms with E-state index in [4.69, 9.17) is 10.2 Å². The van der Waals surface area contributed by atoms with E-state index in [0.29, 0.717) is 0 Å². The maximum absolute atomic E-state index is 13.7. The maximum Gasteiger partial charge on any atom is 0.397 e. The van der Waals surface area contributed by atoms with Gasteiger partial charge in [0.1, 0.15) is 0 Å². The molecule has 2 unspecified atom stereocenters. The third-order valence-electron chi connectivity index (χ3n) is 3.35. The van der Waals surface area contributed by atoms with Crippen molar-refractivity contribution < 1.29 is 71.7 Å². The summed E-state index contributed by atoms with van der Waals surface area (Å²) in [6.45, 7) is 0. The zero-order valence-corrected chi connectivity index (χ0v) is 10.2. The molecule has 0 spiro atoms. The van der Waals surface area contributed by atoms with Crippen LogP contribution in [0.15, 0.2) is 0 Å². The Morgan fingerprint density at radius 1 is 0.417 bits per heavy atom. The lowest BCUT2D eigenvalue weighted by molar-refractivity contribution is -0.537. The van der Waals surface area contributed by atoms with Crippen LogP contribution in [0.25, 0.3) is 0 Å². The van der Waals surface area contributed by atoms with Crippen molar-refractivity contribution in [1.82, 2.24) is 0 Å². The molecule has 0 heterocycles. The fourth-order valence-electron chi connectivity index (χ4n) is 2.05. The molecule has 144 valence electrons. The monoisotopic (exact) mass is 396 g/mol. The van der Waals surface area contributed by atoms with Crippen molar-refractivity contribution in [2.45, 2.75) is 47.2 Å². The van der Waals surface area contributed by atoms with E-state index in [2.05, 4.69) is 0 Å². The minimum atomic E-state index is -8.08. The molecule has 0 radical (unpaired) electrons. The molecule has 1 aliphatic rings. The standard InChI is InChI=1S/C8H2F14O2/c9-1(7(19,20)23)2(10,8(21,22)24)4(13,14)6(17,18)5(15,16)3(1,11)12/h23-24H. The number of alkyl halides is 14. The quantitative estimate of drug-likeness (QED) is 0.705. The Bertz CT molecular complexity index is 484. The Morgan fingerprint density at radius 3 is 0.708 bits per heavy atom. The highest BCUT2D eigenvalue weighted by Crippen LogP contribution is 2.73. The topological polar surface area (TPSA) is 40.5 Å². The van der Waals surface area contributed by atoms with Gasteiger partial charge in [0.25, 0.3) is 0 Å². The summed E-state index contributed by atoms with van der Waals surface area (Å²) in [5.41, 5.74) is -16.2. The summed E-state index contributed by atoms with van der Waals surface area (Å²) in [7, 11) is 0. The van der Waals surface area contributed by atoms with Gasteiger partial charge in [0.2, 0.25) is 0 Å². The highest BCUT2D eigenvalue weighted by Gasteiger charge is 3.08. The van der Waals surface area contributed by atoms with Gasteiger partial charge < -0.3 is 10.2 Å².